The Labute approximate surface area is 141 Å². The number of likely N-dealkylation sites (tertiary alicyclic amines) is 1. The first-order chi connectivity index (χ1) is 11.7. The van der Waals surface area contributed by atoms with Gasteiger partial charge >= 0.3 is 6.03 Å². The van der Waals surface area contributed by atoms with Gasteiger partial charge in [0.05, 0.1) is 12.2 Å². The van der Waals surface area contributed by atoms with E-state index in [4.69, 9.17) is 0 Å². The molecule has 1 aromatic heterocycles. The summed E-state index contributed by atoms with van der Waals surface area (Å²) in [6, 6.07) is 0.228. The summed E-state index contributed by atoms with van der Waals surface area (Å²) < 4.78 is 2.21. The van der Waals surface area contributed by atoms with Gasteiger partial charge in [0, 0.05) is 44.7 Å². The number of imidazole rings is 1. The lowest BCUT2D eigenvalue weighted by Crippen LogP contribution is -2.56. The molecule has 2 atom stereocenters. The van der Waals surface area contributed by atoms with Crippen LogP contribution in [-0.2, 0) is 24.3 Å². The molecule has 130 valence electrons. The highest BCUT2D eigenvalue weighted by Crippen LogP contribution is 2.25. The Morgan fingerprint density at radius 3 is 3.08 bits per heavy atom. The number of nitrogens with zero attached hydrogens (tertiary/aromatic N) is 3. The molecule has 1 aromatic rings. The Bertz CT molecular complexity index is 617. The predicted molar refractivity (Wildman–Crippen MR) is 88.2 cm³/mol. The summed E-state index contributed by atoms with van der Waals surface area (Å²) in [5.74, 6) is 1.68. The Balaban J connectivity index is 1.30. The van der Waals surface area contributed by atoms with Crippen molar-refractivity contribution in [2.75, 3.05) is 13.1 Å². The maximum atomic E-state index is 12.4. The smallest absolute Gasteiger partial charge is 0.317 e. The average Bonchev–Trinajstić information content (AvgIpc) is 3.02. The minimum atomic E-state index is -0.0173. The van der Waals surface area contributed by atoms with Gasteiger partial charge in [0.25, 0.3) is 0 Å². The van der Waals surface area contributed by atoms with Gasteiger partial charge in [-0.15, -0.1) is 0 Å². The van der Waals surface area contributed by atoms with Crippen LogP contribution in [0.3, 0.4) is 0 Å². The van der Waals surface area contributed by atoms with E-state index in [1.165, 1.54) is 12.8 Å². The number of hydrogen-bond acceptors (Lipinski definition) is 3. The van der Waals surface area contributed by atoms with E-state index >= 15 is 0 Å². The normalized spacial score (nSPS) is 26.3. The van der Waals surface area contributed by atoms with E-state index in [2.05, 4.69) is 26.4 Å². The molecule has 2 N–H and O–H groups in total. The highest BCUT2D eigenvalue weighted by molar-refractivity contribution is 5.77. The second-order valence-corrected chi connectivity index (χ2v) is 7.17. The zero-order valence-electron chi connectivity index (χ0n) is 14.0. The number of piperidine rings is 2. The van der Waals surface area contributed by atoms with E-state index in [0.717, 1.165) is 43.9 Å². The first kappa shape index (κ1) is 15.5. The van der Waals surface area contributed by atoms with Gasteiger partial charge in [-0.05, 0) is 31.6 Å². The molecule has 0 bridgehead atoms. The molecule has 0 spiro atoms. The number of urea groups is 1. The van der Waals surface area contributed by atoms with Crippen LogP contribution in [0.15, 0.2) is 6.20 Å². The minimum Gasteiger partial charge on any atom is -0.353 e. The molecule has 0 saturated carbocycles. The van der Waals surface area contributed by atoms with Gasteiger partial charge in [-0.1, -0.05) is 0 Å². The number of fused-ring (bicyclic) bond motifs is 2. The van der Waals surface area contributed by atoms with E-state index in [-0.39, 0.29) is 18.0 Å². The Hall–Kier alpha value is -2.05. The van der Waals surface area contributed by atoms with Crippen LogP contribution in [0.2, 0.25) is 0 Å². The molecular formula is C17H25N5O2. The fourth-order valence-corrected chi connectivity index (χ4v) is 4.13. The zero-order chi connectivity index (χ0) is 16.5. The van der Waals surface area contributed by atoms with Crippen LogP contribution in [0.5, 0.6) is 0 Å². The van der Waals surface area contributed by atoms with Gasteiger partial charge in [0.2, 0.25) is 5.91 Å². The van der Waals surface area contributed by atoms with E-state index in [0.29, 0.717) is 25.4 Å². The van der Waals surface area contributed by atoms with Gasteiger partial charge in [0.1, 0.15) is 5.82 Å². The monoisotopic (exact) mass is 331 g/mol. The van der Waals surface area contributed by atoms with Crippen LogP contribution >= 0.6 is 0 Å². The number of hydrogen-bond donors (Lipinski definition) is 2. The molecule has 2 unspecified atom stereocenters. The molecule has 0 aromatic carbocycles. The Morgan fingerprint density at radius 1 is 1.29 bits per heavy atom. The molecule has 0 radical (unpaired) electrons. The number of aromatic nitrogens is 2. The minimum absolute atomic E-state index is 0.0173. The third-order valence-electron chi connectivity index (χ3n) is 5.49. The average molecular weight is 331 g/mol. The van der Waals surface area contributed by atoms with Crippen molar-refractivity contribution >= 4 is 11.9 Å². The zero-order valence-corrected chi connectivity index (χ0v) is 14.0. The fourth-order valence-electron chi connectivity index (χ4n) is 4.13. The largest absolute Gasteiger partial charge is 0.353 e. The molecule has 7 nitrogen and oxygen atoms in total. The summed E-state index contributed by atoms with van der Waals surface area (Å²) in [5.41, 5.74) is 0.945. The molecule has 2 saturated heterocycles. The second kappa shape index (κ2) is 6.45. The van der Waals surface area contributed by atoms with E-state index < -0.39 is 0 Å². The van der Waals surface area contributed by atoms with Crippen molar-refractivity contribution in [3.8, 4) is 0 Å². The van der Waals surface area contributed by atoms with Crippen molar-refractivity contribution in [2.24, 2.45) is 5.92 Å². The molecule has 24 heavy (non-hydrogen) atoms. The first-order valence-corrected chi connectivity index (χ1v) is 9.06. The van der Waals surface area contributed by atoms with Gasteiger partial charge in [-0.3, -0.25) is 4.79 Å². The molecular weight excluding hydrogens is 306 g/mol. The fraction of sp³-hybridized carbons (Fsp3) is 0.706. The number of nitrogens with one attached hydrogen (secondary N) is 2. The Kier molecular flexibility index (Phi) is 4.16. The van der Waals surface area contributed by atoms with Crippen molar-refractivity contribution in [2.45, 2.75) is 57.7 Å². The summed E-state index contributed by atoms with van der Waals surface area (Å²) in [4.78, 5) is 30.4. The summed E-state index contributed by atoms with van der Waals surface area (Å²) in [5, 5.41) is 6.06. The number of aryl methyl sites for hydroxylation is 2. The quantitative estimate of drug-likeness (QED) is 0.849. The number of amides is 3. The van der Waals surface area contributed by atoms with Crippen LogP contribution in [0, 0.1) is 5.92 Å². The maximum Gasteiger partial charge on any atom is 0.317 e. The van der Waals surface area contributed by atoms with Gasteiger partial charge in [-0.2, -0.15) is 0 Å². The standard InChI is InChI=1S/C17H25N5O2/c23-16-5-4-12-10-22(8-6-14(12)20-16)17(24)18-9-13-11-21-7-2-1-3-15(21)19-13/h11-12,14H,1-10H2,(H,18,24)(H,20,23). The molecule has 7 heteroatoms. The van der Waals surface area contributed by atoms with E-state index in [1.807, 2.05) is 4.90 Å². The summed E-state index contributed by atoms with van der Waals surface area (Å²) >= 11 is 0. The molecule has 2 fully saturated rings. The van der Waals surface area contributed by atoms with Crippen LogP contribution in [0.4, 0.5) is 4.79 Å². The van der Waals surface area contributed by atoms with Crippen molar-refractivity contribution < 1.29 is 9.59 Å². The summed E-state index contributed by atoms with van der Waals surface area (Å²) in [6.07, 6.45) is 7.83. The number of rotatable bonds is 2. The molecule has 3 aliphatic rings. The van der Waals surface area contributed by atoms with Crippen LogP contribution in [-0.4, -0.2) is 45.5 Å². The molecule has 0 aliphatic carbocycles. The lowest BCUT2D eigenvalue weighted by Gasteiger charge is -2.41. The number of carbonyl (C=O) groups excluding carboxylic acids is 2. The molecule has 4 heterocycles. The maximum absolute atomic E-state index is 12.4. The molecule has 3 amide bonds. The predicted octanol–water partition coefficient (Wildman–Crippen LogP) is 1.03. The number of carbonyl (C=O) groups is 2. The molecule has 3 aliphatic heterocycles. The van der Waals surface area contributed by atoms with Gasteiger partial charge in [0.15, 0.2) is 0 Å². The van der Waals surface area contributed by atoms with Crippen molar-refractivity contribution in [3.05, 3.63) is 17.7 Å². The van der Waals surface area contributed by atoms with Gasteiger partial charge < -0.3 is 20.1 Å². The lowest BCUT2D eigenvalue weighted by molar-refractivity contribution is -0.125. The van der Waals surface area contributed by atoms with Crippen LogP contribution < -0.4 is 10.6 Å². The topological polar surface area (TPSA) is 79.3 Å². The summed E-state index contributed by atoms with van der Waals surface area (Å²) in [6.45, 7) is 2.96. The second-order valence-electron chi connectivity index (χ2n) is 7.17. The molecule has 4 rings (SSSR count). The van der Waals surface area contributed by atoms with Crippen molar-refractivity contribution in [1.82, 2.24) is 25.1 Å². The Morgan fingerprint density at radius 2 is 2.21 bits per heavy atom. The van der Waals surface area contributed by atoms with Crippen LogP contribution in [0.1, 0.15) is 43.6 Å². The third kappa shape index (κ3) is 3.12. The SMILES string of the molecule is O=C1CCC2CN(C(=O)NCc3cn4c(n3)CCCC4)CCC2N1. The highest BCUT2D eigenvalue weighted by atomic mass is 16.2. The summed E-state index contributed by atoms with van der Waals surface area (Å²) in [7, 11) is 0. The van der Waals surface area contributed by atoms with Crippen molar-refractivity contribution in [3.63, 3.8) is 0 Å². The third-order valence-corrected chi connectivity index (χ3v) is 5.49. The first-order valence-electron chi connectivity index (χ1n) is 9.06. The van der Waals surface area contributed by atoms with Gasteiger partial charge in [-0.25, -0.2) is 9.78 Å². The van der Waals surface area contributed by atoms with Crippen LogP contribution in [0.25, 0.3) is 0 Å². The van der Waals surface area contributed by atoms with Crippen molar-refractivity contribution in [1.29, 1.82) is 0 Å². The lowest BCUT2D eigenvalue weighted by atomic mass is 9.85. The highest BCUT2D eigenvalue weighted by Gasteiger charge is 2.35. The van der Waals surface area contributed by atoms with E-state index in [1.54, 1.807) is 0 Å². The van der Waals surface area contributed by atoms with E-state index in [9.17, 15) is 9.59 Å².